The largest absolute Gasteiger partial charge is 0.481 e. The van der Waals surface area contributed by atoms with Gasteiger partial charge in [0.25, 0.3) is 5.91 Å². The molecule has 1 aliphatic rings. The maximum atomic E-state index is 12.1. The second-order valence-corrected chi connectivity index (χ2v) is 5.66. The summed E-state index contributed by atoms with van der Waals surface area (Å²) < 4.78 is 5.70. The summed E-state index contributed by atoms with van der Waals surface area (Å²) in [5.74, 6) is 0.720. The number of likely N-dealkylation sites (tertiary alicyclic amines) is 1. The van der Waals surface area contributed by atoms with Gasteiger partial charge in [0.2, 0.25) is 0 Å². The number of carbonyl (C=O) groups excluding carboxylic acids is 1. The molecule has 110 valence electrons. The number of ether oxygens (including phenoxy) is 1. The number of nitrogens with zero attached hydrogens (tertiary/aromatic N) is 1. The number of hydrogen-bond donors (Lipinski definition) is 1. The van der Waals surface area contributed by atoms with Crippen molar-refractivity contribution in [2.75, 3.05) is 20.1 Å². The van der Waals surface area contributed by atoms with Gasteiger partial charge in [-0.3, -0.25) is 4.79 Å². The van der Waals surface area contributed by atoms with Crippen molar-refractivity contribution in [3.05, 3.63) is 29.8 Å². The van der Waals surface area contributed by atoms with E-state index in [0.29, 0.717) is 0 Å². The summed E-state index contributed by atoms with van der Waals surface area (Å²) >= 11 is 0. The number of piperidine rings is 1. The highest BCUT2D eigenvalue weighted by molar-refractivity contribution is 5.81. The molecule has 1 atom stereocenters. The molecule has 4 heteroatoms. The standard InChI is InChI=1S/C16H24N2O2/c1-12-5-4-6-15(11-12)20-13(2)16(19)17-14-7-9-18(3)10-8-14/h4-6,11,13-14H,7-10H2,1-3H3,(H,17,19)/t13-/m1/s1. The second kappa shape index (κ2) is 6.75. The second-order valence-electron chi connectivity index (χ2n) is 5.66. The van der Waals surface area contributed by atoms with Crippen LogP contribution in [0.3, 0.4) is 0 Å². The first-order valence-corrected chi connectivity index (χ1v) is 7.27. The molecule has 1 aromatic carbocycles. The van der Waals surface area contributed by atoms with Crippen molar-refractivity contribution < 1.29 is 9.53 Å². The molecule has 1 fully saturated rings. The van der Waals surface area contributed by atoms with Crippen molar-refractivity contribution >= 4 is 5.91 Å². The van der Waals surface area contributed by atoms with Gasteiger partial charge in [-0.15, -0.1) is 0 Å². The molecule has 0 aliphatic carbocycles. The normalized spacial score (nSPS) is 18.6. The van der Waals surface area contributed by atoms with E-state index in [4.69, 9.17) is 4.74 Å². The molecule has 1 saturated heterocycles. The molecule has 1 amide bonds. The van der Waals surface area contributed by atoms with E-state index in [-0.39, 0.29) is 11.9 Å². The van der Waals surface area contributed by atoms with Gasteiger partial charge in [-0.2, -0.15) is 0 Å². The van der Waals surface area contributed by atoms with E-state index in [0.717, 1.165) is 37.2 Å². The van der Waals surface area contributed by atoms with Crippen LogP contribution in [-0.2, 0) is 4.79 Å². The lowest BCUT2D eigenvalue weighted by molar-refractivity contribution is -0.128. The van der Waals surface area contributed by atoms with Crippen molar-refractivity contribution in [1.29, 1.82) is 0 Å². The zero-order chi connectivity index (χ0) is 14.5. The van der Waals surface area contributed by atoms with Crippen molar-refractivity contribution in [3.63, 3.8) is 0 Å². The monoisotopic (exact) mass is 276 g/mol. The van der Waals surface area contributed by atoms with Crippen LogP contribution in [0, 0.1) is 6.92 Å². The van der Waals surface area contributed by atoms with Crippen molar-refractivity contribution in [2.45, 2.75) is 38.8 Å². The van der Waals surface area contributed by atoms with E-state index in [2.05, 4.69) is 17.3 Å². The zero-order valence-corrected chi connectivity index (χ0v) is 12.6. The molecule has 0 unspecified atom stereocenters. The SMILES string of the molecule is Cc1cccc(O[C@H](C)C(=O)NC2CCN(C)CC2)c1. The molecule has 2 rings (SSSR count). The van der Waals surface area contributed by atoms with Crippen molar-refractivity contribution in [2.24, 2.45) is 0 Å². The Morgan fingerprint density at radius 3 is 2.75 bits per heavy atom. The minimum Gasteiger partial charge on any atom is -0.481 e. The summed E-state index contributed by atoms with van der Waals surface area (Å²) in [6.07, 6.45) is 1.56. The van der Waals surface area contributed by atoms with Gasteiger partial charge in [0, 0.05) is 6.04 Å². The van der Waals surface area contributed by atoms with Gasteiger partial charge in [-0.1, -0.05) is 12.1 Å². The highest BCUT2D eigenvalue weighted by Crippen LogP contribution is 2.15. The third kappa shape index (κ3) is 4.23. The Bertz CT molecular complexity index is 454. The van der Waals surface area contributed by atoms with E-state index in [1.807, 2.05) is 31.2 Å². The molecule has 1 aliphatic heterocycles. The number of hydrogen-bond acceptors (Lipinski definition) is 3. The van der Waals surface area contributed by atoms with Crippen LogP contribution in [0.1, 0.15) is 25.3 Å². The molecule has 1 heterocycles. The zero-order valence-electron chi connectivity index (χ0n) is 12.6. The first-order valence-electron chi connectivity index (χ1n) is 7.27. The van der Waals surface area contributed by atoms with Crippen LogP contribution in [0.25, 0.3) is 0 Å². The topological polar surface area (TPSA) is 41.6 Å². The Balaban J connectivity index is 1.83. The maximum absolute atomic E-state index is 12.1. The molecule has 0 radical (unpaired) electrons. The lowest BCUT2D eigenvalue weighted by Gasteiger charge is -2.30. The van der Waals surface area contributed by atoms with Crippen LogP contribution in [0.4, 0.5) is 0 Å². The third-order valence-electron chi connectivity index (χ3n) is 3.74. The van der Waals surface area contributed by atoms with Crippen LogP contribution >= 0.6 is 0 Å². The average molecular weight is 276 g/mol. The van der Waals surface area contributed by atoms with E-state index >= 15 is 0 Å². The van der Waals surface area contributed by atoms with E-state index in [1.54, 1.807) is 6.92 Å². The third-order valence-corrected chi connectivity index (χ3v) is 3.74. The van der Waals surface area contributed by atoms with Gasteiger partial charge in [-0.25, -0.2) is 0 Å². The van der Waals surface area contributed by atoms with E-state index in [1.165, 1.54) is 0 Å². The predicted octanol–water partition coefficient (Wildman–Crippen LogP) is 1.97. The van der Waals surface area contributed by atoms with Crippen molar-refractivity contribution in [1.82, 2.24) is 10.2 Å². The molecule has 1 aromatic rings. The van der Waals surface area contributed by atoms with E-state index in [9.17, 15) is 4.79 Å². The van der Waals surface area contributed by atoms with Gasteiger partial charge < -0.3 is 15.0 Å². The number of nitrogens with one attached hydrogen (secondary N) is 1. The lowest BCUT2D eigenvalue weighted by Crippen LogP contribution is -2.47. The Kier molecular flexibility index (Phi) is 5.01. The number of amides is 1. The molecule has 20 heavy (non-hydrogen) atoms. The summed E-state index contributed by atoms with van der Waals surface area (Å²) in [5, 5.41) is 3.08. The van der Waals surface area contributed by atoms with Crippen molar-refractivity contribution in [3.8, 4) is 5.75 Å². The minimum absolute atomic E-state index is 0.0268. The van der Waals surface area contributed by atoms with Gasteiger partial charge in [-0.05, 0) is 64.5 Å². The lowest BCUT2D eigenvalue weighted by atomic mass is 10.1. The van der Waals surface area contributed by atoms with Crippen LogP contribution in [0.5, 0.6) is 5.75 Å². The predicted molar refractivity (Wildman–Crippen MR) is 79.9 cm³/mol. The Morgan fingerprint density at radius 1 is 1.40 bits per heavy atom. The van der Waals surface area contributed by atoms with Crippen LogP contribution in [-0.4, -0.2) is 43.1 Å². The molecular formula is C16H24N2O2. The number of benzene rings is 1. The first-order chi connectivity index (χ1) is 9.54. The van der Waals surface area contributed by atoms with Crippen LogP contribution in [0.2, 0.25) is 0 Å². The Labute approximate surface area is 121 Å². The molecule has 0 spiro atoms. The van der Waals surface area contributed by atoms with Gasteiger partial charge in [0.15, 0.2) is 6.10 Å². The fourth-order valence-electron chi connectivity index (χ4n) is 2.42. The molecule has 0 aromatic heterocycles. The summed E-state index contributed by atoms with van der Waals surface area (Å²) in [6.45, 7) is 5.89. The highest BCUT2D eigenvalue weighted by Gasteiger charge is 2.22. The Hall–Kier alpha value is -1.55. The van der Waals surface area contributed by atoms with Gasteiger partial charge in [0.05, 0.1) is 0 Å². The van der Waals surface area contributed by atoms with Crippen LogP contribution in [0.15, 0.2) is 24.3 Å². The van der Waals surface area contributed by atoms with Crippen LogP contribution < -0.4 is 10.1 Å². The summed E-state index contributed by atoms with van der Waals surface area (Å²) in [4.78, 5) is 14.4. The summed E-state index contributed by atoms with van der Waals surface area (Å²) in [7, 11) is 2.11. The fraction of sp³-hybridized carbons (Fsp3) is 0.562. The highest BCUT2D eigenvalue weighted by atomic mass is 16.5. The van der Waals surface area contributed by atoms with E-state index < -0.39 is 6.10 Å². The smallest absolute Gasteiger partial charge is 0.260 e. The number of aryl methyl sites for hydroxylation is 1. The Morgan fingerprint density at radius 2 is 2.10 bits per heavy atom. The molecule has 0 bridgehead atoms. The minimum atomic E-state index is -0.462. The summed E-state index contributed by atoms with van der Waals surface area (Å²) in [5.41, 5.74) is 1.13. The average Bonchev–Trinajstić information content (AvgIpc) is 2.41. The molecule has 1 N–H and O–H groups in total. The fourth-order valence-corrected chi connectivity index (χ4v) is 2.42. The maximum Gasteiger partial charge on any atom is 0.260 e. The summed E-state index contributed by atoms with van der Waals surface area (Å²) in [6, 6.07) is 8.05. The van der Waals surface area contributed by atoms with Gasteiger partial charge >= 0.3 is 0 Å². The molecular weight excluding hydrogens is 252 g/mol. The molecule has 0 saturated carbocycles. The number of rotatable bonds is 4. The first kappa shape index (κ1) is 14.9. The molecule has 4 nitrogen and oxygen atoms in total. The van der Waals surface area contributed by atoms with Gasteiger partial charge in [0.1, 0.15) is 5.75 Å². The quantitative estimate of drug-likeness (QED) is 0.914. The number of carbonyl (C=O) groups is 1.